The highest BCUT2D eigenvalue weighted by Crippen LogP contribution is 2.40. The van der Waals surface area contributed by atoms with Gasteiger partial charge in [-0.05, 0) is 113 Å². The van der Waals surface area contributed by atoms with Gasteiger partial charge < -0.3 is 13.9 Å². The number of ether oxygens (including phenoxy) is 2. The van der Waals surface area contributed by atoms with Crippen molar-refractivity contribution in [2.45, 2.75) is 51.7 Å². The van der Waals surface area contributed by atoms with Gasteiger partial charge in [0, 0.05) is 15.7 Å². The highest BCUT2D eigenvalue weighted by Gasteiger charge is 2.39. The molecule has 0 fully saturated rings. The molecule has 3 aromatic rings. The highest BCUT2D eigenvalue weighted by atomic mass is 79.9. The molecule has 200 valence electrons. The lowest BCUT2D eigenvalue weighted by atomic mass is 9.93. The number of allylic oxidation sites excluding steroid dienone is 1. The van der Waals surface area contributed by atoms with Crippen LogP contribution in [0.15, 0.2) is 71.2 Å². The quantitative estimate of drug-likeness (QED) is 0.258. The third kappa shape index (κ3) is 5.69. The van der Waals surface area contributed by atoms with Gasteiger partial charge in [0.05, 0.1) is 25.5 Å². The Hall–Kier alpha value is -3.03. The zero-order valence-corrected chi connectivity index (χ0v) is 25.8. The molecule has 5 nitrogen and oxygen atoms in total. The molecule has 4 rings (SSSR count). The molecule has 1 aliphatic rings. The minimum Gasteiger partial charge on any atom is -0.544 e. The van der Waals surface area contributed by atoms with Crippen molar-refractivity contribution in [2.75, 3.05) is 19.1 Å². The lowest BCUT2D eigenvalue weighted by molar-refractivity contribution is 0.0999. The summed E-state index contributed by atoms with van der Waals surface area (Å²) in [6.45, 7) is 11.1. The number of fused-ring (bicyclic) bond motifs is 1. The normalized spacial score (nSPS) is 13.3. The largest absolute Gasteiger partial charge is 0.544 e. The van der Waals surface area contributed by atoms with E-state index < -0.39 is 8.32 Å². The molecular formula is C31H36BrNO4Si. The van der Waals surface area contributed by atoms with Gasteiger partial charge in [0.15, 0.2) is 0 Å². The Bertz CT molecular complexity index is 1360. The molecule has 0 radical (unpaired) electrons. The van der Waals surface area contributed by atoms with Crippen molar-refractivity contribution < 1.29 is 18.7 Å². The molecule has 0 heterocycles. The summed E-state index contributed by atoms with van der Waals surface area (Å²) >= 11 is 3.58. The second-order valence-electron chi connectivity index (χ2n) is 11.0. The maximum Gasteiger partial charge on any atom is 0.264 e. The maximum absolute atomic E-state index is 14.3. The monoisotopic (exact) mass is 593 g/mol. The third-order valence-corrected chi connectivity index (χ3v) is 12.5. The molecule has 3 aromatic carbocycles. The first-order chi connectivity index (χ1) is 17.9. The molecule has 7 heteroatoms. The predicted octanol–water partition coefficient (Wildman–Crippen LogP) is 8.48. The van der Waals surface area contributed by atoms with E-state index in [4.69, 9.17) is 13.9 Å². The summed E-state index contributed by atoms with van der Waals surface area (Å²) in [5.74, 6) is 2.10. The van der Waals surface area contributed by atoms with E-state index >= 15 is 0 Å². The van der Waals surface area contributed by atoms with Crippen LogP contribution in [0.1, 0.15) is 48.7 Å². The van der Waals surface area contributed by atoms with Crippen LogP contribution in [0.5, 0.6) is 17.2 Å². The van der Waals surface area contributed by atoms with Gasteiger partial charge in [-0.2, -0.15) is 0 Å². The molecule has 0 unspecified atom stereocenters. The van der Waals surface area contributed by atoms with Crippen LogP contribution in [0.4, 0.5) is 5.69 Å². The number of benzene rings is 3. The van der Waals surface area contributed by atoms with Crippen LogP contribution in [0.2, 0.25) is 18.1 Å². The SMILES string of the molecule is COc1ccc2c(c1)CCC=C2N(C(=O)c1cc(OC)ccc1Br)c1ccc(O[Si](C)(C)C(C)(C)C)cc1. The van der Waals surface area contributed by atoms with E-state index in [1.807, 2.05) is 48.5 Å². The number of aryl methyl sites for hydroxylation is 1. The standard InChI is InChI=1S/C31H36BrNO4Si/c1-31(2,3)38(6,7)37-23-13-11-22(12-14-23)33(30(34)27-20-25(36-5)16-18-28(27)32)29-10-8-9-21-19-24(35-4)15-17-26(21)29/h10-20H,8-9H2,1-7H3. The van der Waals surface area contributed by atoms with Gasteiger partial charge in [-0.25, -0.2) is 0 Å². The van der Waals surface area contributed by atoms with Crippen LogP contribution < -0.4 is 18.8 Å². The summed E-state index contributed by atoms with van der Waals surface area (Å²) in [6.07, 6.45) is 3.85. The maximum atomic E-state index is 14.3. The summed E-state index contributed by atoms with van der Waals surface area (Å²) in [5.41, 5.74) is 4.31. The number of amides is 1. The topological polar surface area (TPSA) is 48.0 Å². The Balaban J connectivity index is 1.80. The minimum absolute atomic E-state index is 0.0873. The Labute approximate surface area is 235 Å². The van der Waals surface area contributed by atoms with Crippen molar-refractivity contribution >= 4 is 41.5 Å². The average Bonchev–Trinajstić information content (AvgIpc) is 2.89. The van der Waals surface area contributed by atoms with Gasteiger partial charge in [-0.15, -0.1) is 0 Å². The highest BCUT2D eigenvalue weighted by molar-refractivity contribution is 9.10. The Morgan fingerprint density at radius 1 is 0.895 bits per heavy atom. The zero-order chi connectivity index (χ0) is 27.7. The fourth-order valence-corrected chi connectivity index (χ4v) is 5.68. The third-order valence-electron chi connectivity index (χ3n) is 7.46. The lowest BCUT2D eigenvalue weighted by Crippen LogP contribution is -2.43. The van der Waals surface area contributed by atoms with Crippen LogP contribution in [0, 0.1) is 0 Å². The van der Waals surface area contributed by atoms with Crippen molar-refractivity contribution in [3.63, 3.8) is 0 Å². The molecule has 0 atom stereocenters. The molecule has 0 bridgehead atoms. The Morgan fingerprint density at radius 3 is 2.13 bits per heavy atom. The van der Waals surface area contributed by atoms with E-state index in [9.17, 15) is 4.79 Å². The summed E-state index contributed by atoms with van der Waals surface area (Å²) in [5, 5.41) is 0.0873. The number of hydrogen-bond acceptors (Lipinski definition) is 4. The Kier molecular flexibility index (Phi) is 8.09. The first-order valence-electron chi connectivity index (χ1n) is 12.8. The lowest BCUT2D eigenvalue weighted by Gasteiger charge is -2.36. The van der Waals surface area contributed by atoms with E-state index in [-0.39, 0.29) is 10.9 Å². The second kappa shape index (κ2) is 11.0. The Morgan fingerprint density at radius 2 is 1.50 bits per heavy atom. The van der Waals surface area contributed by atoms with Crippen LogP contribution in [0.25, 0.3) is 5.70 Å². The average molecular weight is 595 g/mol. The number of anilines is 1. The first kappa shape index (κ1) is 28.0. The summed E-state index contributed by atoms with van der Waals surface area (Å²) in [4.78, 5) is 16.1. The smallest absolute Gasteiger partial charge is 0.264 e. The van der Waals surface area contributed by atoms with Crippen molar-refractivity contribution in [3.05, 3.63) is 87.9 Å². The zero-order valence-electron chi connectivity index (χ0n) is 23.2. The van der Waals surface area contributed by atoms with E-state index in [2.05, 4.69) is 61.9 Å². The molecule has 1 aliphatic carbocycles. The van der Waals surface area contributed by atoms with E-state index in [1.54, 1.807) is 25.2 Å². The number of hydrogen-bond donors (Lipinski definition) is 0. The number of halogens is 1. The molecule has 0 aromatic heterocycles. The van der Waals surface area contributed by atoms with E-state index in [0.717, 1.165) is 46.9 Å². The predicted molar refractivity (Wildman–Crippen MR) is 161 cm³/mol. The van der Waals surface area contributed by atoms with Gasteiger partial charge in [-0.1, -0.05) is 26.8 Å². The van der Waals surface area contributed by atoms with Crippen LogP contribution in [-0.2, 0) is 6.42 Å². The number of rotatable bonds is 7. The van der Waals surface area contributed by atoms with E-state index in [0.29, 0.717) is 15.8 Å². The van der Waals surface area contributed by atoms with Gasteiger partial charge in [0.2, 0.25) is 8.32 Å². The van der Waals surface area contributed by atoms with Gasteiger partial charge in [-0.3, -0.25) is 9.69 Å². The van der Waals surface area contributed by atoms with Crippen LogP contribution in [-0.4, -0.2) is 28.4 Å². The van der Waals surface area contributed by atoms with Crippen molar-refractivity contribution in [3.8, 4) is 17.2 Å². The van der Waals surface area contributed by atoms with Crippen molar-refractivity contribution in [2.24, 2.45) is 0 Å². The van der Waals surface area contributed by atoms with Gasteiger partial charge >= 0.3 is 0 Å². The molecule has 0 N–H and O–H groups in total. The number of carbonyl (C=O) groups excluding carboxylic acids is 1. The molecule has 0 spiro atoms. The summed E-state index contributed by atoms with van der Waals surface area (Å²) in [7, 11) is 1.28. The number of methoxy groups -OCH3 is 2. The molecule has 0 aliphatic heterocycles. The van der Waals surface area contributed by atoms with Crippen molar-refractivity contribution in [1.82, 2.24) is 0 Å². The summed E-state index contributed by atoms with van der Waals surface area (Å²) in [6, 6.07) is 19.3. The summed E-state index contributed by atoms with van der Waals surface area (Å²) < 4.78 is 18.1. The van der Waals surface area contributed by atoms with Crippen LogP contribution >= 0.6 is 15.9 Å². The van der Waals surface area contributed by atoms with Crippen LogP contribution in [0.3, 0.4) is 0 Å². The van der Waals surface area contributed by atoms with Gasteiger partial charge in [0.1, 0.15) is 17.2 Å². The van der Waals surface area contributed by atoms with Gasteiger partial charge in [0.25, 0.3) is 5.91 Å². The molecular weight excluding hydrogens is 558 g/mol. The molecule has 38 heavy (non-hydrogen) atoms. The van der Waals surface area contributed by atoms with Crippen molar-refractivity contribution in [1.29, 1.82) is 0 Å². The molecule has 0 saturated carbocycles. The van der Waals surface area contributed by atoms with E-state index in [1.165, 1.54) is 0 Å². The minimum atomic E-state index is -2.00. The number of carbonyl (C=O) groups is 1. The fourth-order valence-electron chi connectivity index (χ4n) is 4.23. The second-order valence-corrected chi connectivity index (χ2v) is 16.6. The number of nitrogens with zero attached hydrogens (tertiary/aromatic N) is 1. The first-order valence-corrected chi connectivity index (χ1v) is 16.5. The molecule has 0 saturated heterocycles. The fraction of sp³-hybridized carbons (Fsp3) is 0.323. The molecule has 1 amide bonds.